The van der Waals surface area contributed by atoms with Crippen molar-refractivity contribution in [3.05, 3.63) is 26.0 Å². The summed E-state index contributed by atoms with van der Waals surface area (Å²) in [6, 6.07) is 0. The molecule has 0 aliphatic rings. The molecule has 1 aromatic rings. The predicted molar refractivity (Wildman–Crippen MR) is 31.5 cm³/mol. The van der Waals surface area contributed by atoms with Gasteiger partial charge in [0.1, 0.15) is 5.69 Å². The minimum absolute atomic E-state index is 0.0139. The Morgan fingerprint density at radius 1 is 1.33 bits per heavy atom. The van der Waals surface area contributed by atoms with Gasteiger partial charge in [0.15, 0.2) is 0 Å². The fourth-order valence-electron chi connectivity index (χ4n) is 0.640. The first kappa shape index (κ1) is 5.97. The molecular formula is C5H5NO3. The van der Waals surface area contributed by atoms with E-state index in [9.17, 15) is 9.59 Å². The monoisotopic (exact) mass is 127 g/mol. The standard InChI is InChI=1S/C5H5NO3/c1-2-3(6-9)5(8)4(2)7/h6,9H,1H3. The van der Waals surface area contributed by atoms with Crippen molar-refractivity contribution in [3.8, 4) is 0 Å². The van der Waals surface area contributed by atoms with E-state index in [0.717, 1.165) is 0 Å². The van der Waals surface area contributed by atoms with Crippen LogP contribution in [0.5, 0.6) is 0 Å². The topological polar surface area (TPSA) is 66.4 Å². The van der Waals surface area contributed by atoms with Crippen LogP contribution in [0.1, 0.15) is 5.56 Å². The van der Waals surface area contributed by atoms with Crippen molar-refractivity contribution < 1.29 is 5.21 Å². The van der Waals surface area contributed by atoms with Crippen molar-refractivity contribution in [2.24, 2.45) is 0 Å². The van der Waals surface area contributed by atoms with E-state index >= 15 is 0 Å². The lowest BCUT2D eigenvalue weighted by molar-refractivity contribution is 0.386. The Kier molecular flexibility index (Phi) is 1.10. The smallest absolute Gasteiger partial charge is 0.251 e. The molecule has 0 spiro atoms. The minimum Gasteiger partial charge on any atom is -0.291 e. The summed E-state index contributed by atoms with van der Waals surface area (Å²) < 4.78 is 0. The summed E-state index contributed by atoms with van der Waals surface area (Å²) in [5, 5.41) is 8.16. The number of nitrogens with one attached hydrogen (secondary N) is 1. The average molecular weight is 127 g/mol. The summed E-state index contributed by atoms with van der Waals surface area (Å²) in [4.78, 5) is 20.7. The SMILES string of the molecule is Cc1c(NO)c(=O)c1=O. The third-order valence-corrected chi connectivity index (χ3v) is 1.26. The van der Waals surface area contributed by atoms with Gasteiger partial charge in [0.05, 0.1) is 0 Å². The van der Waals surface area contributed by atoms with E-state index in [-0.39, 0.29) is 5.69 Å². The van der Waals surface area contributed by atoms with Gasteiger partial charge in [0, 0.05) is 5.56 Å². The molecule has 0 fully saturated rings. The predicted octanol–water partition coefficient (Wildman–Crippen LogP) is -0.608. The molecule has 0 aromatic heterocycles. The Morgan fingerprint density at radius 3 is 2.11 bits per heavy atom. The summed E-state index contributed by atoms with van der Waals surface area (Å²) in [5.74, 6) is 0. The van der Waals surface area contributed by atoms with Gasteiger partial charge >= 0.3 is 0 Å². The third kappa shape index (κ3) is 0.565. The van der Waals surface area contributed by atoms with Gasteiger partial charge in [-0.1, -0.05) is 0 Å². The molecule has 2 N–H and O–H groups in total. The van der Waals surface area contributed by atoms with Gasteiger partial charge in [-0.15, -0.1) is 0 Å². The Bertz CT molecular complexity index is 295. The number of anilines is 1. The van der Waals surface area contributed by atoms with Crippen LogP contribution in [0.25, 0.3) is 0 Å². The zero-order chi connectivity index (χ0) is 7.02. The molecule has 0 saturated heterocycles. The van der Waals surface area contributed by atoms with Crippen molar-refractivity contribution in [2.75, 3.05) is 5.48 Å². The van der Waals surface area contributed by atoms with Crippen molar-refractivity contribution in [2.45, 2.75) is 6.92 Å². The van der Waals surface area contributed by atoms with Gasteiger partial charge in [-0.25, -0.2) is 0 Å². The maximum absolute atomic E-state index is 10.4. The first-order valence-corrected chi connectivity index (χ1v) is 2.38. The van der Waals surface area contributed by atoms with E-state index in [1.165, 1.54) is 6.92 Å². The summed E-state index contributed by atoms with van der Waals surface area (Å²) in [6.45, 7) is 1.47. The van der Waals surface area contributed by atoms with Crippen LogP contribution in [0.15, 0.2) is 9.59 Å². The van der Waals surface area contributed by atoms with Crippen LogP contribution < -0.4 is 16.3 Å². The molecule has 9 heavy (non-hydrogen) atoms. The van der Waals surface area contributed by atoms with Crippen LogP contribution in [-0.4, -0.2) is 5.21 Å². The van der Waals surface area contributed by atoms with E-state index in [4.69, 9.17) is 5.21 Å². The van der Waals surface area contributed by atoms with E-state index < -0.39 is 10.9 Å². The minimum atomic E-state index is -0.644. The highest BCUT2D eigenvalue weighted by Crippen LogP contribution is 2.01. The lowest BCUT2D eigenvalue weighted by Crippen LogP contribution is -2.36. The quantitative estimate of drug-likeness (QED) is 0.390. The van der Waals surface area contributed by atoms with Crippen molar-refractivity contribution in [1.82, 2.24) is 0 Å². The van der Waals surface area contributed by atoms with Crippen molar-refractivity contribution >= 4 is 5.69 Å². The van der Waals surface area contributed by atoms with Gasteiger partial charge in [0.2, 0.25) is 5.43 Å². The van der Waals surface area contributed by atoms with Gasteiger partial charge in [-0.05, 0) is 6.92 Å². The molecule has 0 atom stereocenters. The zero-order valence-corrected chi connectivity index (χ0v) is 4.76. The average Bonchev–Trinajstić information content (AvgIpc) is 1.89. The molecule has 0 radical (unpaired) electrons. The first-order chi connectivity index (χ1) is 4.18. The Morgan fingerprint density at radius 2 is 1.89 bits per heavy atom. The molecule has 1 aromatic carbocycles. The van der Waals surface area contributed by atoms with Crippen molar-refractivity contribution in [1.29, 1.82) is 0 Å². The second-order valence-electron chi connectivity index (χ2n) is 1.77. The van der Waals surface area contributed by atoms with Crippen LogP contribution in [-0.2, 0) is 0 Å². The van der Waals surface area contributed by atoms with E-state index in [0.29, 0.717) is 5.56 Å². The second-order valence-corrected chi connectivity index (χ2v) is 1.77. The largest absolute Gasteiger partial charge is 0.291 e. The molecule has 0 heterocycles. The molecule has 0 aliphatic carbocycles. The van der Waals surface area contributed by atoms with E-state index in [1.807, 2.05) is 0 Å². The summed E-state index contributed by atoms with van der Waals surface area (Å²) in [5.41, 5.74) is 0.783. The molecule has 4 nitrogen and oxygen atoms in total. The summed E-state index contributed by atoms with van der Waals surface area (Å²) in [6.07, 6.45) is 0. The zero-order valence-electron chi connectivity index (χ0n) is 4.76. The van der Waals surface area contributed by atoms with E-state index in [1.54, 1.807) is 5.48 Å². The highest BCUT2D eigenvalue weighted by Gasteiger charge is 2.14. The number of rotatable bonds is 1. The normalized spacial score (nSPS) is 10.0. The van der Waals surface area contributed by atoms with Crippen LogP contribution in [0, 0.1) is 6.92 Å². The Hall–Kier alpha value is -1.16. The molecule has 1 rings (SSSR count). The second kappa shape index (κ2) is 1.66. The van der Waals surface area contributed by atoms with Crippen molar-refractivity contribution in [3.63, 3.8) is 0 Å². The molecular weight excluding hydrogens is 122 g/mol. The maximum atomic E-state index is 10.4. The molecule has 0 unspecified atom stereocenters. The molecule has 0 bridgehead atoms. The summed E-state index contributed by atoms with van der Waals surface area (Å²) in [7, 11) is 0. The van der Waals surface area contributed by atoms with Gasteiger partial charge in [-0.3, -0.25) is 20.3 Å². The molecule has 48 valence electrons. The van der Waals surface area contributed by atoms with Gasteiger partial charge in [0.25, 0.3) is 5.43 Å². The third-order valence-electron chi connectivity index (χ3n) is 1.26. The van der Waals surface area contributed by atoms with Crippen LogP contribution in [0.4, 0.5) is 5.69 Å². The lowest BCUT2D eigenvalue weighted by Gasteiger charge is -2.01. The Balaban J connectivity index is 3.25. The number of hydrogen-bond acceptors (Lipinski definition) is 4. The Labute approximate surface area is 50.4 Å². The molecule has 0 amide bonds. The van der Waals surface area contributed by atoms with Crippen LogP contribution >= 0.6 is 0 Å². The summed E-state index contributed by atoms with van der Waals surface area (Å²) >= 11 is 0. The van der Waals surface area contributed by atoms with Gasteiger partial charge < -0.3 is 0 Å². The van der Waals surface area contributed by atoms with Gasteiger partial charge in [-0.2, -0.15) is 0 Å². The lowest BCUT2D eigenvalue weighted by atomic mass is 10.1. The van der Waals surface area contributed by atoms with Crippen LogP contribution in [0.3, 0.4) is 0 Å². The molecule has 0 saturated carbocycles. The fraction of sp³-hybridized carbons (Fsp3) is 0.200. The van der Waals surface area contributed by atoms with E-state index in [2.05, 4.69) is 0 Å². The number of hydrogen-bond donors (Lipinski definition) is 2. The molecule has 0 aliphatic heterocycles. The highest BCUT2D eigenvalue weighted by atomic mass is 16.5. The molecule has 4 heteroatoms. The highest BCUT2D eigenvalue weighted by molar-refractivity contribution is 5.53. The maximum Gasteiger partial charge on any atom is 0.251 e. The fourth-order valence-corrected chi connectivity index (χ4v) is 0.640. The van der Waals surface area contributed by atoms with Crippen LogP contribution in [0.2, 0.25) is 0 Å². The first-order valence-electron chi connectivity index (χ1n) is 2.38.